The molecule has 0 unspecified atom stereocenters. The van der Waals surface area contributed by atoms with E-state index < -0.39 is 5.41 Å². The lowest BCUT2D eigenvalue weighted by Gasteiger charge is -2.29. The van der Waals surface area contributed by atoms with Gasteiger partial charge in [-0.25, -0.2) is 4.98 Å². The number of aromatic nitrogens is 3. The molecule has 0 spiro atoms. The second kappa shape index (κ2) is 11.0. The first-order chi connectivity index (χ1) is 19.5. The van der Waals surface area contributed by atoms with Crippen LogP contribution in [0.25, 0.3) is 5.82 Å². The Hall–Kier alpha value is -4.24. The van der Waals surface area contributed by atoms with E-state index >= 15 is 0 Å². The summed E-state index contributed by atoms with van der Waals surface area (Å²) in [5.74, 6) is 1.34. The fourth-order valence-corrected chi connectivity index (χ4v) is 5.62. The summed E-state index contributed by atoms with van der Waals surface area (Å²) in [5, 5.41) is 7.12. The van der Waals surface area contributed by atoms with Crippen molar-refractivity contribution in [2.75, 3.05) is 17.3 Å². The third-order valence-electron chi connectivity index (χ3n) is 7.41. The summed E-state index contributed by atoms with van der Waals surface area (Å²) in [7, 11) is 1.60. The van der Waals surface area contributed by atoms with Crippen LogP contribution in [0.4, 0.5) is 11.4 Å². The molecular weight excluding hydrogens is 532 g/mol. The summed E-state index contributed by atoms with van der Waals surface area (Å²) < 4.78 is 7.92. The Labute approximate surface area is 246 Å². The molecule has 1 aliphatic rings. The van der Waals surface area contributed by atoms with Crippen molar-refractivity contribution in [3.05, 3.63) is 95.2 Å². The van der Waals surface area contributed by atoms with Crippen molar-refractivity contribution in [1.82, 2.24) is 19.9 Å². The topological polar surface area (TPSA) is 84.3 Å². The largest absolute Gasteiger partial charge is 0.494 e. The minimum absolute atomic E-state index is 0.0906. The lowest BCUT2D eigenvalue weighted by Crippen LogP contribution is -2.30. The van der Waals surface area contributed by atoms with Crippen LogP contribution in [0, 0.1) is 26.2 Å². The second-order valence-electron chi connectivity index (χ2n) is 11.4. The highest BCUT2D eigenvalue weighted by Gasteiger charge is 2.42. The number of rotatable bonds is 6. The minimum atomic E-state index is -0.542. The van der Waals surface area contributed by atoms with Crippen LogP contribution in [-0.4, -0.2) is 32.7 Å². The van der Waals surface area contributed by atoms with Crippen molar-refractivity contribution >= 4 is 34.6 Å². The smallest absolute Gasteiger partial charge is 0.229 e. The van der Waals surface area contributed by atoms with Crippen molar-refractivity contribution in [3.63, 3.8) is 0 Å². The maximum atomic E-state index is 12.7. The number of carbonyl (C=O) groups excluding carboxylic acids is 1. The number of nitrogens with zero attached hydrogens (tertiary/aromatic N) is 4. The Kier molecular flexibility index (Phi) is 7.57. The van der Waals surface area contributed by atoms with Gasteiger partial charge in [0.05, 0.1) is 30.6 Å². The van der Waals surface area contributed by atoms with Crippen LogP contribution < -0.4 is 20.3 Å². The van der Waals surface area contributed by atoms with Crippen LogP contribution in [0.1, 0.15) is 61.1 Å². The molecule has 4 heterocycles. The molecule has 0 radical (unpaired) electrons. The maximum absolute atomic E-state index is 12.7. The maximum Gasteiger partial charge on any atom is 0.229 e. The lowest BCUT2D eigenvalue weighted by molar-refractivity contribution is -0.123. The Balaban J connectivity index is 1.63. The van der Waals surface area contributed by atoms with Crippen molar-refractivity contribution in [2.24, 2.45) is 5.41 Å². The zero-order valence-corrected chi connectivity index (χ0v) is 25.3. The minimum Gasteiger partial charge on any atom is -0.494 e. The van der Waals surface area contributed by atoms with E-state index in [0.29, 0.717) is 16.5 Å². The highest BCUT2D eigenvalue weighted by Crippen LogP contribution is 2.45. The van der Waals surface area contributed by atoms with Gasteiger partial charge in [0, 0.05) is 41.0 Å². The van der Waals surface area contributed by atoms with Gasteiger partial charge in [-0.15, -0.1) is 0 Å². The van der Waals surface area contributed by atoms with Crippen LogP contribution in [0.15, 0.2) is 67.0 Å². The molecule has 1 fully saturated rings. The lowest BCUT2D eigenvalue weighted by atomic mass is 9.95. The number of benzene rings is 1. The van der Waals surface area contributed by atoms with Crippen LogP contribution in [0.2, 0.25) is 0 Å². The summed E-state index contributed by atoms with van der Waals surface area (Å²) in [5.41, 5.74) is 6.20. The van der Waals surface area contributed by atoms with E-state index in [1.54, 1.807) is 13.3 Å². The van der Waals surface area contributed by atoms with Crippen LogP contribution in [0.3, 0.4) is 0 Å². The molecule has 5 rings (SSSR count). The van der Waals surface area contributed by atoms with Gasteiger partial charge < -0.3 is 24.8 Å². The Bertz CT molecular complexity index is 1610. The van der Waals surface area contributed by atoms with Crippen molar-refractivity contribution in [2.45, 2.75) is 53.6 Å². The van der Waals surface area contributed by atoms with Crippen molar-refractivity contribution < 1.29 is 9.53 Å². The summed E-state index contributed by atoms with van der Waals surface area (Å²) >= 11 is 5.96. The molecule has 0 aliphatic carbocycles. The first kappa shape index (κ1) is 28.3. The van der Waals surface area contributed by atoms with Gasteiger partial charge in [-0.2, -0.15) is 0 Å². The zero-order chi connectivity index (χ0) is 29.5. The number of amides is 1. The number of pyridine rings is 2. The third kappa shape index (κ3) is 5.41. The van der Waals surface area contributed by atoms with Crippen LogP contribution >= 0.6 is 12.2 Å². The molecule has 41 heavy (non-hydrogen) atoms. The van der Waals surface area contributed by atoms with Crippen molar-refractivity contribution in [3.8, 4) is 11.6 Å². The molecule has 2 N–H and O–H groups in total. The molecule has 1 saturated heterocycles. The van der Waals surface area contributed by atoms with Gasteiger partial charge in [0.25, 0.3) is 0 Å². The SMILES string of the molecule is COc1cc(N2C(=S)N[C@H](c3ccccn3)[C@H]2c2cc(C)n(-c3cc(C)ccn3)c2C)ccc1NC(=O)C(C)(C)C. The Morgan fingerprint density at radius 2 is 1.80 bits per heavy atom. The van der Waals surface area contributed by atoms with E-state index in [1.165, 1.54) is 0 Å². The van der Waals surface area contributed by atoms with E-state index in [1.807, 2.05) is 69.4 Å². The molecule has 3 aromatic heterocycles. The normalized spacial score (nSPS) is 17.0. The number of hydrogen-bond acceptors (Lipinski definition) is 5. The summed E-state index contributed by atoms with van der Waals surface area (Å²) in [6, 6.07) is 17.5. The molecule has 212 valence electrons. The number of ether oxygens (including phenoxy) is 1. The van der Waals surface area contributed by atoms with Gasteiger partial charge in [0.15, 0.2) is 5.11 Å². The third-order valence-corrected chi connectivity index (χ3v) is 7.72. The molecule has 9 heteroatoms. The number of nitrogens with one attached hydrogen (secondary N) is 2. The van der Waals surface area contributed by atoms with Gasteiger partial charge in [-0.3, -0.25) is 9.78 Å². The highest BCUT2D eigenvalue weighted by atomic mass is 32.1. The van der Waals surface area contributed by atoms with Gasteiger partial charge in [0.2, 0.25) is 5.91 Å². The van der Waals surface area contributed by atoms with E-state index in [-0.39, 0.29) is 18.0 Å². The zero-order valence-electron chi connectivity index (χ0n) is 24.5. The van der Waals surface area contributed by atoms with Crippen LogP contribution in [-0.2, 0) is 4.79 Å². The van der Waals surface area contributed by atoms with Crippen LogP contribution in [0.5, 0.6) is 5.75 Å². The number of aryl methyl sites for hydroxylation is 2. The first-order valence-electron chi connectivity index (χ1n) is 13.6. The number of hydrogen-bond donors (Lipinski definition) is 2. The van der Waals surface area contributed by atoms with Crippen molar-refractivity contribution in [1.29, 1.82) is 0 Å². The quantitative estimate of drug-likeness (QED) is 0.262. The molecule has 4 aromatic rings. The van der Waals surface area contributed by atoms with Gasteiger partial charge >= 0.3 is 0 Å². The average molecular weight is 569 g/mol. The van der Waals surface area contributed by atoms with E-state index in [2.05, 4.69) is 58.0 Å². The van der Waals surface area contributed by atoms with E-state index in [4.69, 9.17) is 21.9 Å². The molecule has 0 bridgehead atoms. The molecule has 8 nitrogen and oxygen atoms in total. The predicted octanol–water partition coefficient (Wildman–Crippen LogP) is 6.36. The van der Waals surface area contributed by atoms with E-state index in [9.17, 15) is 4.79 Å². The van der Waals surface area contributed by atoms with Gasteiger partial charge in [0.1, 0.15) is 11.6 Å². The highest BCUT2D eigenvalue weighted by molar-refractivity contribution is 7.80. The van der Waals surface area contributed by atoms with Gasteiger partial charge in [-0.1, -0.05) is 26.8 Å². The molecular formula is C32H36N6O2S. The number of methoxy groups -OCH3 is 1. The summed E-state index contributed by atoms with van der Waals surface area (Å²) in [6.07, 6.45) is 3.64. The second-order valence-corrected chi connectivity index (χ2v) is 11.8. The predicted molar refractivity (Wildman–Crippen MR) is 167 cm³/mol. The molecule has 1 aromatic carbocycles. The Morgan fingerprint density at radius 3 is 2.46 bits per heavy atom. The van der Waals surface area contributed by atoms with Gasteiger partial charge in [-0.05, 0) is 86.6 Å². The average Bonchev–Trinajstić information content (AvgIpc) is 3.43. The number of anilines is 2. The first-order valence-corrected chi connectivity index (χ1v) is 14.0. The summed E-state index contributed by atoms with van der Waals surface area (Å²) in [6.45, 7) is 11.9. The molecule has 1 aliphatic heterocycles. The molecule has 2 atom stereocenters. The van der Waals surface area contributed by atoms with E-state index in [0.717, 1.165) is 39.7 Å². The molecule has 1 amide bonds. The monoisotopic (exact) mass is 568 g/mol. The summed E-state index contributed by atoms with van der Waals surface area (Å²) in [4.78, 5) is 24.2. The number of thiocarbonyl (C=S) groups is 1. The standard InChI is InChI=1S/C32H36N6O2S/c1-19-13-15-34-27(16-19)37-20(2)17-23(21(37)3)29-28(25-10-8-9-14-33-25)36-31(41)38(29)22-11-12-24(26(18-22)40-7)35-30(39)32(4,5)6/h8-18,28-29H,1-7H3,(H,35,39)(H,36,41)/t28-,29-/m1/s1. The fraction of sp³-hybridized carbons (Fsp3) is 0.312. The Morgan fingerprint density at radius 1 is 1.02 bits per heavy atom. The number of carbonyl (C=O) groups is 1. The molecule has 0 saturated carbocycles. The fourth-order valence-electron chi connectivity index (χ4n) is 5.27.